The monoisotopic (exact) mass is 1860 g/mol. The van der Waals surface area contributed by atoms with Crippen LogP contribution in [0.2, 0.25) is 36.3 Å². The van der Waals surface area contributed by atoms with Crippen molar-refractivity contribution in [1.82, 2.24) is 39.5 Å². The number of hydrogen-bond acceptors (Lipinski definition) is 15. The highest BCUT2D eigenvalue weighted by Gasteiger charge is 2.50. The second-order valence-electron chi connectivity index (χ2n) is 39.2. The molecule has 1 N–H and O–H groups in total. The Kier molecular flexibility index (Phi) is 39.6. The number of amides is 5. The van der Waals surface area contributed by atoms with E-state index in [1.807, 2.05) is 197 Å². The first kappa shape index (κ1) is 108. The summed E-state index contributed by atoms with van der Waals surface area (Å²) >= 11 is 3.44. The Bertz CT molecular complexity index is 5200. The summed E-state index contributed by atoms with van der Waals surface area (Å²) in [7, 11) is 0.874. The molecule has 6 aromatic carbocycles. The van der Waals surface area contributed by atoms with E-state index in [1.165, 1.54) is 18.0 Å². The van der Waals surface area contributed by atoms with Crippen LogP contribution in [0.15, 0.2) is 224 Å². The van der Waals surface area contributed by atoms with Gasteiger partial charge in [0.1, 0.15) is 23.3 Å². The number of pyridine rings is 3. The SMILES string of the molecule is C.C.C.C.CN(Cc1cncc(Br)c1)C(=O)c1ccc(C[C@@H]2CC[C@H]([C@H](O[Si](C)(C)C(C)(C)C)c3ccccc3)N2C(=O)OC(C)(C)C)cc1.CN(Cc1cncc(C#N)c1)C(=O)c1ccc(C[C@@H]2CC[C@H]([C@H](O)c3ccccc3)C2)cc1.CN(Cc1cncc(C#N)c1)C(=O)c1ccc(C[C@@H]2CC[C@H]([C@H](O[Si](C)(C)C(C)(C)C)c3ccccc3)N2C(=O)OC(C)(C)C)cc1. The molecule has 20 nitrogen and oxygen atoms in total. The molecule has 23 heteroatoms. The van der Waals surface area contributed by atoms with Crippen molar-refractivity contribution in [3.05, 3.63) is 302 Å². The zero-order valence-corrected chi connectivity index (χ0v) is 80.7. The molecule has 2 saturated heterocycles. The first-order valence-electron chi connectivity index (χ1n) is 44.0. The van der Waals surface area contributed by atoms with Crippen molar-refractivity contribution in [3.63, 3.8) is 0 Å². The average molecular weight is 1870 g/mol. The van der Waals surface area contributed by atoms with Gasteiger partial charge in [-0.15, -0.1) is 0 Å². The number of ether oxygens (including phenoxy) is 2. The number of halogens is 1. The van der Waals surface area contributed by atoms with Crippen LogP contribution >= 0.6 is 15.9 Å². The molecule has 698 valence electrons. The number of benzene rings is 6. The molecule has 12 rings (SSSR count). The number of nitriles is 2. The van der Waals surface area contributed by atoms with Crippen LogP contribution in [0.5, 0.6) is 0 Å². The number of aliphatic hydroxyl groups excluding tert-OH is 1. The summed E-state index contributed by atoms with van der Waals surface area (Å²) in [6.45, 7) is 35.1. The van der Waals surface area contributed by atoms with Crippen molar-refractivity contribution in [1.29, 1.82) is 10.5 Å². The predicted octanol–water partition coefficient (Wildman–Crippen LogP) is 25.0. The minimum absolute atomic E-state index is 0. The highest BCUT2D eigenvalue weighted by atomic mass is 79.9. The fourth-order valence-electron chi connectivity index (χ4n) is 16.3. The standard InChI is InChI=1S/C38H50N4O4Si.C37H50BrN3O4Si.C28H29N3O2.4CH4/c1-37(2,3)45-36(44)42-32(19-20-33(42)34(30-13-11-10-12-14-30)46-47(8,9)38(4,5)6)22-27-15-17-31(18-16-27)35(43)41(7)26-29-21-28(23-39)24-40-25-29;1-36(2,3)44-35(43)41-31(19-20-32(41)33(28-13-11-10-12-14-28)45-46(8,9)37(4,5)6)22-26-15-17-29(18-16-26)34(42)40(7)25-27-21-30(38)24-39-23-27;1-31(19-23-14-22(16-29)17-30-18-23)28(33)25-10-7-20(8-11-25)13-21-9-12-26(15-21)27(32)24-5-3-2-4-6-24;;;;/h10-18,21,24-25,32-34H,19-20,22,26H2,1-9H3;10-18,21,23-24,31-33H,19-20,22,25H2,1-9H3;2-8,10-11,14,17-18,21,26-27,32H,9,12-13,15,19H2,1H3;4*1H4/t32-,33+,34+;31-,32+,33+;21-,26-,27+;;;;/m000..../s1. The molecule has 1 saturated carbocycles. The molecule has 0 bridgehead atoms. The van der Waals surface area contributed by atoms with E-state index >= 15 is 0 Å². The summed E-state index contributed by atoms with van der Waals surface area (Å²) in [6.07, 6.45) is 17.0. The van der Waals surface area contributed by atoms with Crippen molar-refractivity contribution >= 4 is 62.5 Å². The van der Waals surface area contributed by atoms with E-state index in [4.69, 9.17) is 23.6 Å². The van der Waals surface area contributed by atoms with Gasteiger partial charge in [-0.1, -0.05) is 199 Å². The Labute approximate surface area is 788 Å². The molecule has 5 heterocycles. The van der Waals surface area contributed by atoms with Gasteiger partial charge in [0.15, 0.2) is 16.6 Å². The molecule has 3 aromatic heterocycles. The summed E-state index contributed by atoms with van der Waals surface area (Å²) in [5.41, 5.74) is 10.6. The normalized spacial score (nSPS) is 17.4. The van der Waals surface area contributed by atoms with E-state index in [-0.39, 0.29) is 106 Å². The maximum atomic E-state index is 14.0. The van der Waals surface area contributed by atoms with E-state index in [9.17, 15) is 34.3 Å². The molecule has 2 aliphatic heterocycles. The molecule has 3 aliphatic rings. The van der Waals surface area contributed by atoms with E-state index in [0.717, 1.165) is 100 Å². The quantitative estimate of drug-likeness (QED) is 0.0523. The Morgan fingerprint density at radius 2 is 0.762 bits per heavy atom. The molecule has 1 aliphatic carbocycles. The molecule has 9 atom stereocenters. The minimum Gasteiger partial charge on any atom is -0.444 e. The summed E-state index contributed by atoms with van der Waals surface area (Å²) in [5, 5.41) is 28.9. The topological polar surface area (TPSA) is 245 Å². The van der Waals surface area contributed by atoms with E-state index in [0.29, 0.717) is 72.1 Å². The van der Waals surface area contributed by atoms with Crippen LogP contribution in [-0.4, -0.2) is 148 Å². The third-order valence-corrected chi connectivity index (χ3v) is 34.2. The highest BCUT2D eigenvalue weighted by Crippen LogP contribution is 2.48. The molecular formula is C107H145BrN10O10Si2. The minimum atomic E-state index is -2.21. The van der Waals surface area contributed by atoms with Gasteiger partial charge in [-0.25, -0.2) is 9.59 Å². The lowest BCUT2D eigenvalue weighted by Gasteiger charge is -2.43. The molecular weight excluding hydrogens is 1720 g/mol. The van der Waals surface area contributed by atoms with Gasteiger partial charge in [-0.2, -0.15) is 10.5 Å². The predicted molar refractivity (Wildman–Crippen MR) is 532 cm³/mol. The van der Waals surface area contributed by atoms with Crippen molar-refractivity contribution in [3.8, 4) is 12.1 Å². The average Bonchev–Trinajstić information content (AvgIpc) is 1.57. The zero-order valence-electron chi connectivity index (χ0n) is 77.1. The lowest BCUT2D eigenvalue weighted by Crippen LogP contribution is -2.50. The number of likely N-dealkylation sites (tertiary alicyclic amines) is 2. The van der Waals surface area contributed by atoms with Gasteiger partial charge < -0.3 is 38.1 Å². The smallest absolute Gasteiger partial charge is 0.410 e. The van der Waals surface area contributed by atoms with Crippen LogP contribution in [0.3, 0.4) is 0 Å². The highest BCUT2D eigenvalue weighted by molar-refractivity contribution is 9.10. The number of carbonyl (C=O) groups is 5. The van der Waals surface area contributed by atoms with Crippen molar-refractivity contribution < 1.29 is 47.4 Å². The van der Waals surface area contributed by atoms with Gasteiger partial charge in [0.05, 0.1) is 41.5 Å². The Hall–Kier alpha value is -10.5. The molecule has 0 unspecified atom stereocenters. The van der Waals surface area contributed by atoms with Gasteiger partial charge in [0.25, 0.3) is 17.7 Å². The molecule has 3 fully saturated rings. The van der Waals surface area contributed by atoms with Crippen LogP contribution in [0.1, 0.15) is 268 Å². The van der Waals surface area contributed by atoms with Crippen LogP contribution in [0.25, 0.3) is 0 Å². The summed E-state index contributed by atoms with van der Waals surface area (Å²) < 4.78 is 27.2. The molecule has 5 amide bonds. The maximum absolute atomic E-state index is 14.0. The first-order chi connectivity index (χ1) is 59.5. The zero-order chi connectivity index (χ0) is 91.6. The Morgan fingerprint density at radius 1 is 0.438 bits per heavy atom. The Morgan fingerprint density at radius 3 is 1.08 bits per heavy atom. The van der Waals surface area contributed by atoms with E-state index < -0.39 is 33.9 Å². The fraction of sp³-hybridized carbons (Fsp3) is 0.458. The largest absolute Gasteiger partial charge is 0.444 e. The van der Waals surface area contributed by atoms with Gasteiger partial charge >= 0.3 is 12.2 Å². The van der Waals surface area contributed by atoms with Crippen LogP contribution in [0.4, 0.5) is 9.59 Å². The number of aromatic nitrogens is 3. The number of rotatable bonds is 25. The van der Waals surface area contributed by atoms with Gasteiger partial charge in [-0.3, -0.25) is 39.1 Å². The van der Waals surface area contributed by atoms with Crippen LogP contribution in [0, 0.1) is 34.5 Å². The van der Waals surface area contributed by atoms with Crippen LogP contribution < -0.4 is 0 Å². The summed E-state index contributed by atoms with van der Waals surface area (Å²) in [5.74, 6) is 0.620. The molecule has 0 spiro atoms. The molecule has 0 radical (unpaired) electrons. The first-order valence-corrected chi connectivity index (χ1v) is 50.6. The summed E-state index contributed by atoms with van der Waals surface area (Å²) in [4.78, 5) is 88.4. The van der Waals surface area contributed by atoms with Gasteiger partial charge in [-0.05, 0) is 274 Å². The van der Waals surface area contributed by atoms with E-state index in [2.05, 4.69) is 135 Å². The van der Waals surface area contributed by atoms with Crippen LogP contribution in [-0.2, 0) is 57.2 Å². The third kappa shape index (κ3) is 30.0. The lowest BCUT2D eigenvalue weighted by atomic mass is 9.91. The van der Waals surface area contributed by atoms with Crippen molar-refractivity contribution in [2.45, 2.75) is 287 Å². The fourth-order valence-corrected chi connectivity index (χ4v) is 19.3. The number of nitrogens with zero attached hydrogens (tertiary/aromatic N) is 10. The third-order valence-electron chi connectivity index (χ3n) is 24.9. The number of carbonyl (C=O) groups excluding carboxylic acids is 5. The van der Waals surface area contributed by atoms with E-state index in [1.54, 1.807) is 72.8 Å². The van der Waals surface area contributed by atoms with Gasteiger partial charge in [0.2, 0.25) is 0 Å². The molecule has 9 aromatic rings. The Balaban J connectivity index is 0.000000300. The van der Waals surface area contributed by atoms with Gasteiger partial charge in [0, 0.05) is 111 Å². The number of aliphatic hydroxyl groups is 1. The van der Waals surface area contributed by atoms with Crippen molar-refractivity contribution in [2.75, 3.05) is 21.1 Å². The second-order valence-corrected chi connectivity index (χ2v) is 49.6. The lowest BCUT2D eigenvalue weighted by molar-refractivity contribution is -0.00310. The second kappa shape index (κ2) is 47.5. The summed E-state index contributed by atoms with van der Waals surface area (Å²) in [6, 6.07) is 62.9. The van der Waals surface area contributed by atoms with Crippen molar-refractivity contribution in [2.24, 2.45) is 11.8 Å². The maximum Gasteiger partial charge on any atom is 0.410 e. The number of hydrogen-bond donors (Lipinski definition) is 1. The molecule has 130 heavy (non-hydrogen) atoms.